The molecule has 3 rings (SSSR count). The number of thiophene rings is 1. The lowest BCUT2D eigenvalue weighted by Gasteiger charge is -2.18. The van der Waals surface area contributed by atoms with Gasteiger partial charge in [-0.3, -0.25) is 10.0 Å². The summed E-state index contributed by atoms with van der Waals surface area (Å²) in [6.07, 6.45) is 3.45. The first kappa shape index (κ1) is 19.3. The summed E-state index contributed by atoms with van der Waals surface area (Å²) in [6, 6.07) is 9.78. The van der Waals surface area contributed by atoms with Crippen LogP contribution in [-0.2, 0) is 14.8 Å². The van der Waals surface area contributed by atoms with Crippen molar-refractivity contribution in [3.63, 3.8) is 0 Å². The number of hydrogen-bond acceptors (Lipinski definition) is 5. The van der Waals surface area contributed by atoms with E-state index in [-0.39, 0.29) is 17.2 Å². The Hall–Kier alpha value is -2.44. The first-order valence-corrected chi connectivity index (χ1v) is 10.5. The van der Waals surface area contributed by atoms with Crippen molar-refractivity contribution in [3.05, 3.63) is 64.6 Å². The number of aryl methyl sites for hydroxylation is 1. The van der Waals surface area contributed by atoms with Crippen LogP contribution >= 0.6 is 11.3 Å². The van der Waals surface area contributed by atoms with Crippen LogP contribution in [0.2, 0.25) is 0 Å². The van der Waals surface area contributed by atoms with E-state index in [1.54, 1.807) is 18.2 Å². The molecule has 0 saturated heterocycles. The molecular weight excluding hydrogens is 384 g/mol. The van der Waals surface area contributed by atoms with Gasteiger partial charge in [-0.15, -0.1) is 11.3 Å². The van der Waals surface area contributed by atoms with Gasteiger partial charge in [-0.05, 0) is 37.6 Å². The second-order valence-corrected chi connectivity index (χ2v) is 9.06. The molecule has 1 aromatic heterocycles. The zero-order valence-electron chi connectivity index (χ0n) is 14.5. The molecule has 1 unspecified atom stereocenters. The Morgan fingerprint density at radius 1 is 1.15 bits per heavy atom. The van der Waals surface area contributed by atoms with Crippen LogP contribution in [0.25, 0.3) is 0 Å². The summed E-state index contributed by atoms with van der Waals surface area (Å²) in [5, 5.41) is 10.1. The van der Waals surface area contributed by atoms with Crippen LogP contribution in [0.5, 0.6) is 0 Å². The van der Waals surface area contributed by atoms with Gasteiger partial charge in [-0.2, -0.15) is 4.72 Å². The van der Waals surface area contributed by atoms with Gasteiger partial charge in [0.25, 0.3) is 15.9 Å². The second-order valence-electron chi connectivity index (χ2n) is 6.04. The Balaban J connectivity index is 1.76. The number of hydrogen-bond donors (Lipinski definition) is 2. The highest BCUT2D eigenvalue weighted by Gasteiger charge is 2.29. The van der Waals surface area contributed by atoms with Gasteiger partial charge in [0, 0.05) is 5.56 Å². The van der Waals surface area contributed by atoms with E-state index < -0.39 is 22.0 Å². The quantitative estimate of drug-likeness (QED) is 0.469. The molecule has 27 heavy (non-hydrogen) atoms. The molecule has 0 fully saturated rings. The van der Waals surface area contributed by atoms with E-state index in [0.29, 0.717) is 9.94 Å². The number of carbonyl (C=O) groups is 1. The van der Waals surface area contributed by atoms with Crippen molar-refractivity contribution in [3.8, 4) is 11.8 Å². The summed E-state index contributed by atoms with van der Waals surface area (Å²) >= 11 is 1.03. The second kappa shape index (κ2) is 8.06. The zero-order chi connectivity index (χ0) is 19.4. The molecule has 1 atom stereocenters. The van der Waals surface area contributed by atoms with E-state index in [1.807, 2.05) is 31.2 Å². The Bertz CT molecular complexity index is 1030. The van der Waals surface area contributed by atoms with Gasteiger partial charge in [-0.1, -0.05) is 41.7 Å². The molecule has 1 aliphatic heterocycles. The molecule has 0 saturated carbocycles. The van der Waals surface area contributed by atoms with Crippen LogP contribution < -0.4 is 4.72 Å². The van der Waals surface area contributed by atoms with Crippen molar-refractivity contribution >= 4 is 27.3 Å². The van der Waals surface area contributed by atoms with Crippen molar-refractivity contribution in [2.75, 3.05) is 6.54 Å². The number of carbonyl (C=O) groups excluding carboxylic acids is 1. The van der Waals surface area contributed by atoms with Crippen LogP contribution in [0.4, 0.5) is 0 Å². The number of nitrogens with one attached hydrogen (secondary N) is 1. The van der Waals surface area contributed by atoms with Crippen molar-refractivity contribution in [2.45, 2.75) is 23.6 Å². The summed E-state index contributed by atoms with van der Waals surface area (Å²) in [7, 11) is -3.89. The number of hydroxylamine groups is 2. The molecule has 8 heteroatoms. The van der Waals surface area contributed by atoms with Crippen molar-refractivity contribution < 1.29 is 18.4 Å². The summed E-state index contributed by atoms with van der Waals surface area (Å²) in [6.45, 7) is 2.03. The van der Waals surface area contributed by atoms with Crippen LogP contribution in [-0.4, -0.2) is 37.2 Å². The number of nitrogens with zero attached hydrogens (tertiary/aromatic N) is 1. The molecule has 1 amide bonds. The lowest BCUT2D eigenvalue weighted by Crippen LogP contribution is -2.46. The minimum atomic E-state index is -3.89. The summed E-state index contributed by atoms with van der Waals surface area (Å²) < 4.78 is 27.6. The van der Waals surface area contributed by atoms with Gasteiger partial charge in [0.1, 0.15) is 10.3 Å². The molecule has 1 aliphatic rings. The molecule has 2 aromatic rings. The first-order chi connectivity index (χ1) is 12.8. The van der Waals surface area contributed by atoms with Gasteiger partial charge in [0.15, 0.2) is 0 Å². The molecule has 0 bridgehead atoms. The van der Waals surface area contributed by atoms with E-state index in [2.05, 4.69) is 16.6 Å². The highest BCUT2D eigenvalue weighted by Crippen LogP contribution is 2.22. The van der Waals surface area contributed by atoms with E-state index >= 15 is 0 Å². The lowest BCUT2D eigenvalue weighted by atomic mass is 10.1. The largest absolute Gasteiger partial charge is 0.286 e. The Morgan fingerprint density at radius 2 is 1.89 bits per heavy atom. The Kier molecular flexibility index (Phi) is 5.77. The maximum absolute atomic E-state index is 12.6. The fraction of sp³-hybridized carbons (Fsp3) is 0.211. The Morgan fingerprint density at radius 3 is 2.63 bits per heavy atom. The fourth-order valence-corrected chi connectivity index (χ4v) is 4.80. The third kappa shape index (κ3) is 4.84. The molecule has 6 nitrogen and oxygen atoms in total. The molecule has 0 aliphatic carbocycles. The fourth-order valence-electron chi connectivity index (χ4n) is 2.42. The maximum atomic E-state index is 12.6. The molecule has 0 radical (unpaired) electrons. The predicted octanol–water partition coefficient (Wildman–Crippen LogP) is 2.28. The topological polar surface area (TPSA) is 86.7 Å². The molecular formula is C19H18N2O4S2. The number of rotatable bonds is 3. The van der Waals surface area contributed by atoms with Gasteiger partial charge < -0.3 is 0 Å². The number of sulfonamides is 1. The normalized spacial score (nSPS) is 17.3. The minimum absolute atomic E-state index is 0.0365. The van der Waals surface area contributed by atoms with Crippen molar-refractivity contribution in [2.24, 2.45) is 0 Å². The highest BCUT2D eigenvalue weighted by molar-refractivity contribution is 7.91. The predicted molar refractivity (Wildman–Crippen MR) is 103 cm³/mol. The molecule has 2 N–H and O–H groups in total. The number of amides is 1. The summed E-state index contributed by atoms with van der Waals surface area (Å²) in [5.41, 5.74) is 1.98. The maximum Gasteiger partial charge on any atom is 0.264 e. The molecule has 140 valence electrons. The van der Waals surface area contributed by atoms with E-state index in [0.717, 1.165) is 22.5 Å². The highest BCUT2D eigenvalue weighted by atomic mass is 32.2. The first-order valence-electron chi connectivity index (χ1n) is 8.21. The summed E-state index contributed by atoms with van der Waals surface area (Å²) in [4.78, 5) is 12.6. The molecule has 2 heterocycles. The van der Waals surface area contributed by atoms with Crippen LogP contribution in [0.15, 0.2) is 52.8 Å². The smallest absolute Gasteiger partial charge is 0.264 e. The zero-order valence-corrected chi connectivity index (χ0v) is 16.2. The third-order valence-corrected chi connectivity index (χ3v) is 6.86. The van der Waals surface area contributed by atoms with Crippen LogP contribution in [0, 0.1) is 18.8 Å². The van der Waals surface area contributed by atoms with Gasteiger partial charge in [0.05, 0.1) is 11.4 Å². The van der Waals surface area contributed by atoms with Gasteiger partial charge in [-0.25, -0.2) is 13.5 Å². The van der Waals surface area contributed by atoms with Gasteiger partial charge in [0.2, 0.25) is 0 Å². The van der Waals surface area contributed by atoms with Gasteiger partial charge >= 0.3 is 0 Å². The van der Waals surface area contributed by atoms with E-state index in [9.17, 15) is 18.4 Å². The number of benzene rings is 1. The van der Waals surface area contributed by atoms with Crippen LogP contribution in [0.3, 0.4) is 0 Å². The summed E-state index contributed by atoms with van der Waals surface area (Å²) in [5.74, 6) is 5.27. The molecule has 1 aromatic carbocycles. The van der Waals surface area contributed by atoms with Crippen molar-refractivity contribution in [1.29, 1.82) is 0 Å². The van der Waals surface area contributed by atoms with E-state index in [1.165, 1.54) is 6.07 Å². The Labute approximate surface area is 162 Å². The SMILES string of the molecule is Cc1ccc(C#Cc2ccc(S(=O)(=O)NC3CC=CCN(O)C3=O)s2)cc1. The standard InChI is InChI=1S/C19H18N2O4S2/c1-14-5-7-15(8-6-14)9-10-16-11-12-18(26-16)27(24,25)20-17-4-2-3-13-21(23)19(17)22/h2-3,5-8,11-12,17,20,23H,4,13H2,1H3. The molecule has 0 spiro atoms. The van der Waals surface area contributed by atoms with E-state index in [4.69, 9.17) is 0 Å². The van der Waals surface area contributed by atoms with Crippen LogP contribution in [0.1, 0.15) is 22.4 Å². The third-order valence-electron chi connectivity index (χ3n) is 3.89. The lowest BCUT2D eigenvalue weighted by molar-refractivity contribution is -0.164. The average Bonchev–Trinajstić information content (AvgIpc) is 3.07. The average molecular weight is 402 g/mol. The minimum Gasteiger partial charge on any atom is -0.286 e. The van der Waals surface area contributed by atoms with Crippen molar-refractivity contribution in [1.82, 2.24) is 9.79 Å². The monoisotopic (exact) mass is 402 g/mol.